The topological polar surface area (TPSA) is 113 Å². The molecule has 2 aromatic heterocycles. The van der Waals surface area contributed by atoms with E-state index in [2.05, 4.69) is 40.7 Å². The first-order valence-corrected chi connectivity index (χ1v) is 8.84. The zero-order valence-corrected chi connectivity index (χ0v) is 15.1. The van der Waals surface area contributed by atoms with Crippen LogP contribution in [0.15, 0.2) is 24.4 Å². The minimum atomic E-state index is 0.254. The summed E-state index contributed by atoms with van der Waals surface area (Å²) in [5, 5.41) is 14.4. The second kappa shape index (κ2) is 8.14. The maximum atomic E-state index is 5.36. The molecule has 0 amide bonds. The molecule has 4 rings (SSSR count). The van der Waals surface area contributed by atoms with Crippen molar-refractivity contribution in [3.8, 4) is 6.01 Å². The minimum Gasteiger partial charge on any atom is -0.467 e. The molecule has 0 spiro atoms. The third-order valence-electron chi connectivity index (χ3n) is 4.31. The number of morpholine rings is 1. The number of H-pyrrole nitrogens is 1. The Bertz CT molecular complexity index is 894. The van der Waals surface area contributed by atoms with E-state index in [1.54, 1.807) is 6.20 Å². The fourth-order valence-electron chi connectivity index (χ4n) is 2.88. The number of anilines is 3. The van der Waals surface area contributed by atoms with Crippen LogP contribution in [0, 0.1) is 0 Å². The van der Waals surface area contributed by atoms with E-state index in [4.69, 9.17) is 9.47 Å². The van der Waals surface area contributed by atoms with Crippen LogP contribution in [0.4, 0.5) is 17.6 Å². The Kier molecular flexibility index (Phi) is 5.26. The Hall–Kier alpha value is -2.98. The van der Waals surface area contributed by atoms with E-state index in [0.29, 0.717) is 11.9 Å². The van der Waals surface area contributed by atoms with Crippen molar-refractivity contribution in [2.45, 2.75) is 0 Å². The van der Waals surface area contributed by atoms with Gasteiger partial charge in [-0.2, -0.15) is 20.1 Å². The van der Waals surface area contributed by atoms with Gasteiger partial charge in [-0.05, 0) is 18.2 Å². The Morgan fingerprint density at radius 3 is 2.89 bits per heavy atom. The second-order valence-corrected chi connectivity index (χ2v) is 6.15. The van der Waals surface area contributed by atoms with Gasteiger partial charge in [-0.1, -0.05) is 0 Å². The van der Waals surface area contributed by atoms with Crippen LogP contribution >= 0.6 is 0 Å². The molecule has 0 bridgehead atoms. The van der Waals surface area contributed by atoms with Crippen molar-refractivity contribution >= 4 is 28.5 Å². The summed E-state index contributed by atoms with van der Waals surface area (Å²) >= 11 is 0. The van der Waals surface area contributed by atoms with Gasteiger partial charge in [0.2, 0.25) is 11.9 Å². The Morgan fingerprint density at radius 1 is 1.19 bits per heavy atom. The Labute approximate surface area is 156 Å². The highest BCUT2D eigenvalue weighted by molar-refractivity contribution is 5.82. The number of nitrogens with zero attached hydrogens (tertiary/aromatic N) is 5. The lowest BCUT2D eigenvalue weighted by atomic mass is 10.2. The number of fused-ring (bicyclic) bond motifs is 1. The van der Waals surface area contributed by atoms with Crippen molar-refractivity contribution in [3.63, 3.8) is 0 Å². The van der Waals surface area contributed by atoms with Crippen molar-refractivity contribution in [1.29, 1.82) is 0 Å². The third-order valence-corrected chi connectivity index (χ3v) is 4.31. The summed E-state index contributed by atoms with van der Waals surface area (Å²) in [5.74, 6) is 0.884. The molecule has 0 radical (unpaired) electrons. The van der Waals surface area contributed by atoms with E-state index < -0.39 is 0 Å². The van der Waals surface area contributed by atoms with E-state index >= 15 is 0 Å². The van der Waals surface area contributed by atoms with Crippen molar-refractivity contribution in [2.75, 3.05) is 57.1 Å². The summed E-state index contributed by atoms with van der Waals surface area (Å²) in [5.41, 5.74) is 1.78. The van der Waals surface area contributed by atoms with Crippen LogP contribution in [-0.2, 0) is 4.74 Å². The molecule has 0 saturated carbocycles. The first-order valence-electron chi connectivity index (χ1n) is 8.84. The van der Waals surface area contributed by atoms with Gasteiger partial charge in [0.05, 0.1) is 32.0 Å². The predicted octanol–water partition coefficient (Wildman–Crippen LogP) is 1.24. The first-order chi connectivity index (χ1) is 13.3. The van der Waals surface area contributed by atoms with E-state index in [9.17, 15) is 0 Å². The largest absolute Gasteiger partial charge is 0.467 e. The molecule has 1 saturated heterocycles. The number of aromatic amines is 1. The lowest BCUT2D eigenvalue weighted by Gasteiger charge is -2.26. The molecule has 1 fully saturated rings. The molecule has 1 aliphatic rings. The molecule has 3 heterocycles. The normalized spacial score (nSPS) is 15.0. The number of hydrogen-bond acceptors (Lipinski definition) is 9. The van der Waals surface area contributed by atoms with Crippen LogP contribution in [0.5, 0.6) is 6.01 Å². The highest BCUT2D eigenvalue weighted by Crippen LogP contribution is 2.20. The fourth-order valence-corrected chi connectivity index (χ4v) is 2.88. The number of aromatic nitrogens is 5. The predicted molar refractivity (Wildman–Crippen MR) is 102 cm³/mol. The number of hydrogen-bond donors (Lipinski definition) is 3. The molecule has 0 aliphatic carbocycles. The molecule has 1 aromatic carbocycles. The maximum absolute atomic E-state index is 5.36. The summed E-state index contributed by atoms with van der Waals surface area (Å²) in [6.45, 7) is 5.10. The lowest BCUT2D eigenvalue weighted by Crippen LogP contribution is -2.39. The zero-order valence-electron chi connectivity index (χ0n) is 15.1. The standard InChI is InChI=1S/C17H22N8O2/c1-26-17-22-15(18-4-5-25-6-8-27-9-7-25)21-16(23-17)20-13-3-2-12-11-19-24-14(12)10-13/h2-3,10-11H,4-9H2,1H3,(H,19,24)(H2,18,20,21,22,23). The summed E-state index contributed by atoms with van der Waals surface area (Å²) < 4.78 is 10.6. The maximum Gasteiger partial charge on any atom is 0.322 e. The Balaban J connectivity index is 1.43. The number of rotatable bonds is 7. The highest BCUT2D eigenvalue weighted by atomic mass is 16.5. The van der Waals surface area contributed by atoms with Gasteiger partial charge in [-0.15, -0.1) is 0 Å². The SMILES string of the molecule is COc1nc(NCCN2CCOCC2)nc(Nc2ccc3cn[nH]c3c2)n1. The molecule has 0 unspecified atom stereocenters. The fraction of sp³-hybridized carbons (Fsp3) is 0.412. The molecule has 0 atom stereocenters. The first kappa shape index (κ1) is 17.4. The van der Waals surface area contributed by atoms with Crippen molar-refractivity contribution in [3.05, 3.63) is 24.4 Å². The van der Waals surface area contributed by atoms with Crippen molar-refractivity contribution in [1.82, 2.24) is 30.0 Å². The van der Waals surface area contributed by atoms with Crippen LogP contribution < -0.4 is 15.4 Å². The van der Waals surface area contributed by atoms with Crippen LogP contribution in [0.2, 0.25) is 0 Å². The van der Waals surface area contributed by atoms with Crippen LogP contribution in [0.1, 0.15) is 0 Å². The lowest BCUT2D eigenvalue weighted by molar-refractivity contribution is 0.0398. The molecular weight excluding hydrogens is 348 g/mol. The number of ether oxygens (including phenoxy) is 2. The molecule has 3 aromatic rings. The van der Waals surface area contributed by atoms with Gasteiger partial charge in [0.25, 0.3) is 0 Å². The van der Waals surface area contributed by atoms with Crippen LogP contribution in [0.3, 0.4) is 0 Å². The molecule has 142 valence electrons. The zero-order chi connectivity index (χ0) is 18.5. The number of methoxy groups -OCH3 is 1. The van der Waals surface area contributed by atoms with Gasteiger partial charge in [-0.25, -0.2) is 0 Å². The van der Waals surface area contributed by atoms with Gasteiger partial charge >= 0.3 is 6.01 Å². The smallest absolute Gasteiger partial charge is 0.322 e. The van der Waals surface area contributed by atoms with Gasteiger partial charge in [0.15, 0.2) is 0 Å². The minimum absolute atomic E-state index is 0.254. The summed E-state index contributed by atoms with van der Waals surface area (Å²) in [6, 6.07) is 6.12. The molecule has 27 heavy (non-hydrogen) atoms. The van der Waals surface area contributed by atoms with Crippen LogP contribution in [-0.4, -0.2) is 76.6 Å². The highest BCUT2D eigenvalue weighted by Gasteiger charge is 2.11. The number of nitrogens with one attached hydrogen (secondary N) is 3. The van der Waals surface area contributed by atoms with Gasteiger partial charge in [0, 0.05) is 37.3 Å². The second-order valence-electron chi connectivity index (χ2n) is 6.15. The molecule has 10 heteroatoms. The molecule has 1 aliphatic heterocycles. The van der Waals surface area contributed by atoms with Gasteiger partial charge in [-0.3, -0.25) is 10.00 Å². The summed E-state index contributed by atoms with van der Waals surface area (Å²) in [4.78, 5) is 15.3. The quantitative estimate of drug-likeness (QED) is 0.565. The average molecular weight is 370 g/mol. The van der Waals surface area contributed by atoms with E-state index in [0.717, 1.165) is 56.0 Å². The van der Waals surface area contributed by atoms with E-state index in [1.807, 2.05) is 18.2 Å². The van der Waals surface area contributed by atoms with Crippen molar-refractivity contribution in [2.24, 2.45) is 0 Å². The van der Waals surface area contributed by atoms with E-state index in [1.165, 1.54) is 7.11 Å². The third kappa shape index (κ3) is 4.41. The molecular formula is C17H22N8O2. The summed E-state index contributed by atoms with van der Waals surface area (Å²) in [7, 11) is 1.53. The van der Waals surface area contributed by atoms with Gasteiger partial charge in [0.1, 0.15) is 0 Å². The molecule has 3 N–H and O–H groups in total. The molecule has 10 nitrogen and oxygen atoms in total. The number of benzene rings is 1. The van der Waals surface area contributed by atoms with Crippen LogP contribution in [0.25, 0.3) is 10.9 Å². The summed E-state index contributed by atoms with van der Waals surface area (Å²) in [6.07, 6.45) is 1.78. The van der Waals surface area contributed by atoms with Gasteiger partial charge < -0.3 is 20.1 Å². The average Bonchev–Trinajstić information content (AvgIpc) is 3.16. The van der Waals surface area contributed by atoms with E-state index in [-0.39, 0.29) is 6.01 Å². The Morgan fingerprint density at radius 2 is 2.04 bits per heavy atom. The monoisotopic (exact) mass is 370 g/mol. The van der Waals surface area contributed by atoms with Crippen molar-refractivity contribution < 1.29 is 9.47 Å².